The van der Waals surface area contributed by atoms with Gasteiger partial charge in [-0.15, -0.1) is 10.2 Å². The molecule has 3 aromatic rings. The van der Waals surface area contributed by atoms with Crippen molar-refractivity contribution in [2.24, 2.45) is 0 Å². The number of alkyl halides is 3. The lowest BCUT2D eigenvalue weighted by Gasteiger charge is -2.13. The van der Waals surface area contributed by atoms with Crippen LogP contribution in [0, 0.1) is 0 Å². The fraction of sp³-hybridized carbons (Fsp3) is 0.167. The Bertz CT molecular complexity index is 1250. The van der Waals surface area contributed by atoms with E-state index >= 15 is 0 Å². The van der Waals surface area contributed by atoms with E-state index in [0.717, 1.165) is 17.7 Å². The molecular weight excluding hydrogens is 527 g/mol. The second kappa shape index (κ2) is 13.3. The normalized spacial score (nSPS) is 11.4. The molecule has 2 amide bonds. The Hall–Kier alpha value is -4.36. The van der Waals surface area contributed by atoms with E-state index in [1.807, 2.05) is 0 Å². The molecule has 0 aliphatic rings. The van der Waals surface area contributed by atoms with Crippen LogP contribution in [-0.2, 0) is 22.3 Å². The molecule has 0 aliphatic heterocycles. The lowest BCUT2D eigenvalue weighted by Crippen LogP contribution is -2.38. The standard InChI is InChI=1S/C24H23ClF3N7O3/c1-2-21(36)31-19(23(37)29-13-15-3-5-16(25)6-4-15)14-30-35-32-17-7-9-18(10-8-17)38-22-12-11-20(33-34-22)24(26,27)28/h3-12,14,30,32,35H,2,13H2,1H3,(H,29,37)(H,31,36)/b19-14+. The Morgan fingerprint density at radius 2 is 1.71 bits per heavy atom. The van der Waals surface area contributed by atoms with Gasteiger partial charge in [-0.3, -0.25) is 9.59 Å². The summed E-state index contributed by atoms with van der Waals surface area (Å²) in [4.78, 5) is 24.4. The number of nitrogens with one attached hydrogen (secondary N) is 5. The summed E-state index contributed by atoms with van der Waals surface area (Å²) in [6.07, 6.45) is -3.13. The molecule has 0 atom stereocenters. The number of ether oxygens (including phenoxy) is 1. The smallest absolute Gasteiger partial charge is 0.435 e. The number of amides is 2. The largest absolute Gasteiger partial charge is 0.438 e. The highest BCUT2D eigenvalue weighted by atomic mass is 35.5. The maximum Gasteiger partial charge on any atom is 0.435 e. The van der Waals surface area contributed by atoms with Crippen LogP contribution < -0.4 is 31.8 Å². The first-order valence-electron chi connectivity index (χ1n) is 11.1. The maximum atomic E-state index is 12.6. The molecule has 0 saturated carbocycles. The van der Waals surface area contributed by atoms with E-state index in [-0.39, 0.29) is 30.4 Å². The summed E-state index contributed by atoms with van der Waals surface area (Å²) >= 11 is 5.86. The van der Waals surface area contributed by atoms with Crippen molar-refractivity contribution in [3.05, 3.63) is 88.8 Å². The first kappa shape index (κ1) is 28.2. The van der Waals surface area contributed by atoms with Crippen LogP contribution >= 0.6 is 11.6 Å². The molecule has 0 bridgehead atoms. The zero-order valence-corrected chi connectivity index (χ0v) is 20.7. The Morgan fingerprint density at radius 3 is 2.32 bits per heavy atom. The predicted molar refractivity (Wildman–Crippen MR) is 133 cm³/mol. The number of nitrogens with zero attached hydrogens (tertiary/aromatic N) is 2. The van der Waals surface area contributed by atoms with E-state index in [1.165, 1.54) is 6.20 Å². The van der Waals surface area contributed by atoms with Crippen LogP contribution in [0.5, 0.6) is 11.6 Å². The number of halogens is 4. The van der Waals surface area contributed by atoms with Crippen molar-refractivity contribution in [2.75, 3.05) is 5.43 Å². The first-order chi connectivity index (χ1) is 18.1. The van der Waals surface area contributed by atoms with Gasteiger partial charge in [0.15, 0.2) is 5.69 Å². The van der Waals surface area contributed by atoms with Gasteiger partial charge in [0.25, 0.3) is 5.91 Å². The van der Waals surface area contributed by atoms with Crippen LogP contribution in [0.3, 0.4) is 0 Å². The SMILES string of the molecule is CCC(=O)N/C(=C/NNNc1ccc(Oc2ccc(C(F)(F)F)nn2)cc1)C(=O)NCc1ccc(Cl)cc1. The second-order valence-electron chi connectivity index (χ2n) is 7.54. The molecular formula is C24H23ClF3N7O3. The third kappa shape index (κ3) is 8.94. The van der Waals surface area contributed by atoms with Crippen LogP contribution in [0.25, 0.3) is 0 Å². The fourth-order valence-corrected chi connectivity index (χ4v) is 2.87. The number of carbonyl (C=O) groups is 2. The Kier molecular flexibility index (Phi) is 9.85. The average Bonchev–Trinajstić information content (AvgIpc) is 2.90. The molecule has 1 heterocycles. The number of anilines is 1. The quantitative estimate of drug-likeness (QED) is 0.138. The molecule has 38 heavy (non-hydrogen) atoms. The van der Waals surface area contributed by atoms with Crippen LogP contribution in [0.15, 0.2) is 72.6 Å². The molecule has 0 radical (unpaired) electrons. The molecule has 1 aromatic heterocycles. The van der Waals surface area contributed by atoms with Crippen molar-refractivity contribution in [3.8, 4) is 11.6 Å². The highest BCUT2D eigenvalue weighted by Gasteiger charge is 2.33. The Morgan fingerprint density at radius 1 is 1.00 bits per heavy atom. The van der Waals surface area contributed by atoms with Crippen LogP contribution in [-0.4, -0.2) is 22.0 Å². The molecule has 0 saturated heterocycles. The summed E-state index contributed by atoms with van der Waals surface area (Å²) in [5.74, 6) is -0.635. The van der Waals surface area contributed by atoms with E-state index in [1.54, 1.807) is 55.5 Å². The van der Waals surface area contributed by atoms with E-state index in [9.17, 15) is 22.8 Å². The molecule has 14 heteroatoms. The average molecular weight is 550 g/mol. The number of aromatic nitrogens is 2. The highest BCUT2D eigenvalue weighted by molar-refractivity contribution is 6.30. The fourth-order valence-electron chi connectivity index (χ4n) is 2.75. The summed E-state index contributed by atoms with van der Waals surface area (Å²) in [6.45, 7) is 1.89. The number of hydrazine groups is 2. The molecule has 0 unspecified atom stereocenters. The van der Waals surface area contributed by atoms with Gasteiger partial charge in [0.1, 0.15) is 11.4 Å². The van der Waals surface area contributed by atoms with Gasteiger partial charge < -0.3 is 26.2 Å². The Labute approximate surface area is 220 Å². The van der Waals surface area contributed by atoms with Crippen LogP contribution in [0.2, 0.25) is 5.02 Å². The summed E-state index contributed by atoms with van der Waals surface area (Å²) < 4.78 is 43.1. The molecule has 5 N–H and O–H groups in total. The minimum absolute atomic E-state index is 0.0125. The molecule has 10 nitrogen and oxygen atoms in total. The van der Waals surface area contributed by atoms with Crippen LogP contribution in [0.1, 0.15) is 24.6 Å². The van der Waals surface area contributed by atoms with E-state index < -0.39 is 17.8 Å². The van der Waals surface area contributed by atoms with Gasteiger partial charge in [-0.2, -0.15) is 18.7 Å². The van der Waals surface area contributed by atoms with Gasteiger partial charge in [-0.25, -0.2) is 0 Å². The Balaban J connectivity index is 1.51. The summed E-state index contributed by atoms with van der Waals surface area (Å²) in [6, 6.07) is 15.1. The van der Waals surface area contributed by atoms with Crippen molar-refractivity contribution in [1.29, 1.82) is 0 Å². The van der Waals surface area contributed by atoms with Gasteiger partial charge in [-0.1, -0.05) is 30.7 Å². The van der Waals surface area contributed by atoms with Crippen molar-refractivity contribution >= 4 is 29.1 Å². The number of rotatable bonds is 11. The number of hydrogen-bond acceptors (Lipinski definition) is 8. The monoisotopic (exact) mass is 549 g/mol. The zero-order valence-electron chi connectivity index (χ0n) is 19.9. The van der Waals surface area contributed by atoms with E-state index in [2.05, 4.69) is 37.2 Å². The van der Waals surface area contributed by atoms with Gasteiger partial charge in [0.2, 0.25) is 11.8 Å². The first-order valence-corrected chi connectivity index (χ1v) is 11.5. The van der Waals surface area contributed by atoms with Gasteiger partial charge in [0, 0.05) is 30.3 Å². The summed E-state index contributed by atoms with van der Waals surface area (Å²) in [5, 5.41) is 12.3. The lowest BCUT2D eigenvalue weighted by atomic mass is 10.2. The minimum Gasteiger partial charge on any atom is -0.438 e. The van der Waals surface area contributed by atoms with Crippen molar-refractivity contribution in [3.63, 3.8) is 0 Å². The number of benzene rings is 2. The molecule has 200 valence electrons. The van der Waals surface area contributed by atoms with E-state index in [0.29, 0.717) is 16.5 Å². The second-order valence-corrected chi connectivity index (χ2v) is 7.98. The topological polar surface area (TPSA) is 129 Å². The molecule has 2 aromatic carbocycles. The summed E-state index contributed by atoms with van der Waals surface area (Å²) in [5.41, 5.74) is 8.40. The third-order valence-corrected chi connectivity index (χ3v) is 4.96. The zero-order chi connectivity index (χ0) is 27.5. The van der Waals surface area contributed by atoms with Crippen molar-refractivity contribution in [1.82, 2.24) is 31.8 Å². The summed E-state index contributed by atoms with van der Waals surface area (Å²) in [7, 11) is 0. The molecule has 3 rings (SSSR count). The maximum absolute atomic E-state index is 12.6. The highest BCUT2D eigenvalue weighted by Crippen LogP contribution is 2.28. The van der Waals surface area contributed by atoms with Crippen molar-refractivity contribution < 1.29 is 27.5 Å². The minimum atomic E-state index is -4.58. The molecule has 0 fully saturated rings. The van der Waals surface area contributed by atoms with Gasteiger partial charge in [-0.05, 0) is 48.0 Å². The van der Waals surface area contributed by atoms with Gasteiger partial charge >= 0.3 is 6.18 Å². The number of hydrogen-bond donors (Lipinski definition) is 5. The number of carbonyl (C=O) groups excluding carboxylic acids is 2. The molecule has 0 aliphatic carbocycles. The lowest BCUT2D eigenvalue weighted by molar-refractivity contribution is -0.141. The van der Waals surface area contributed by atoms with Crippen LogP contribution in [0.4, 0.5) is 18.9 Å². The van der Waals surface area contributed by atoms with Crippen molar-refractivity contribution in [2.45, 2.75) is 26.1 Å². The van der Waals surface area contributed by atoms with E-state index in [4.69, 9.17) is 16.3 Å². The van der Waals surface area contributed by atoms with Gasteiger partial charge in [0.05, 0.1) is 5.69 Å². The predicted octanol–water partition coefficient (Wildman–Crippen LogP) is 4.05. The third-order valence-electron chi connectivity index (χ3n) is 4.71. The molecule has 0 spiro atoms.